The van der Waals surface area contributed by atoms with Gasteiger partial charge in [-0.2, -0.15) is 13.2 Å². The molecular weight excluding hydrogens is 503 g/mol. The maximum Gasteiger partial charge on any atom is 0.421 e. The quantitative estimate of drug-likeness (QED) is 0.311. The van der Waals surface area contributed by atoms with Crippen molar-refractivity contribution >= 4 is 17.7 Å². The first-order chi connectivity index (χ1) is 18.2. The average molecular weight is 536 g/mol. The summed E-state index contributed by atoms with van der Waals surface area (Å²) in [6.45, 7) is 8.89. The number of halogens is 3. The van der Waals surface area contributed by atoms with E-state index in [9.17, 15) is 22.8 Å². The molecule has 0 radical (unpaired) electrons. The Morgan fingerprint density at radius 3 is 2.05 bits per heavy atom. The summed E-state index contributed by atoms with van der Waals surface area (Å²) in [5, 5.41) is 0. The van der Waals surface area contributed by atoms with Crippen LogP contribution in [0.15, 0.2) is 84.9 Å². The topological polar surface area (TPSA) is 46.6 Å². The molecule has 0 bridgehead atoms. The Hall–Kier alpha value is -3.87. The number of nitrogens with zero attached hydrogens (tertiary/aromatic N) is 1. The minimum Gasteiger partial charge on any atom is -0.443 e. The Morgan fingerprint density at radius 1 is 0.923 bits per heavy atom. The Labute approximate surface area is 227 Å². The van der Waals surface area contributed by atoms with Gasteiger partial charge in [-0.1, -0.05) is 83.9 Å². The van der Waals surface area contributed by atoms with Gasteiger partial charge in [-0.3, -0.25) is 4.79 Å². The number of rotatable bonds is 5. The molecule has 4 nitrogen and oxygen atoms in total. The van der Waals surface area contributed by atoms with Crippen LogP contribution in [0.25, 0.3) is 0 Å². The van der Waals surface area contributed by atoms with E-state index in [0.717, 1.165) is 27.7 Å². The third-order valence-corrected chi connectivity index (χ3v) is 6.83. The van der Waals surface area contributed by atoms with Crippen LogP contribution in [0.4, 0.5) is 23.7 Å². The number of fused-ring (bicyclic) bond motifs is 1. The summed E-state index contributed by atoms with van der Waals surface area (Å²) in [5.41, 5.74) is 1.56. The van der Waals surface area contributed by atoms with Crippen molar-refractivity contribution in [3.05, 3.63) is 113 Å². The molecule has 7 heteroatoms. The van der Waals surface area contributed by atoms with Crippen molar-refractivity contribution in [1.82, 2.24) is 0 Å². The molecule has 1 aliphatic rings. The first-order valence-electron chi connectivity index (χ1n) is 12.8. The number of allylic oxidation sites excluding steroid dienone is 2. The number of anilines is 1. The zero-order valence-electron chi connectivity index (χ0n) is 22.7. The maximum absolute atomic E-state index is 14.6. The van der Waals surface area contributed by atoms with Crippen LogP contribution in [0, 0.1) is 13.8 Å². The predicted molar refractivity (Wildman–Crippen MR) is 146 cm³/mol. The van der Waals surface area contributed by atoms with Gasteiger partial charge >= 0.3 is 12.3 Å². The van der Waals surface area contributed by atoms with E-state index in [-0.39, 0.29) is 12.5 Å². The van der Waals surface area contributed by atoms with E-state index in [1.807, 2.05) is 38.1 Å². The summed E-state index contributed by atoms with van der Waals surface area (Å²) in [4.78, 5) is 29.0. The molecule has 204 valence electrons. The van der Waals surface area contributed by atoms with Crippen LogP contribution >= 0.6 is 0 Å². The van der Waals surface area contributed by atoms with Crippen molar-refractivity contribution < 1.29 is 27.5 Å². The van der Waals surface area contributed by atoms with Crippen LogP contribution < -0.4 is 4.90 Å². The summed E-state index contributed by atoms with van der Waals surface area (Å²) in [6, 6.07) is 21.4. The lowest BCUT2D eigenvalue weighted by Gasteiger charge is -2.36. The van der Waals surface area contributed by atoms with E-state index < -0.39 is 35.1 Å². The molecule has 0 aromatic heterocycles. The van der Waals surface area contributed by atoms with E-state index in [2.05, 4.69) is 0 Å². The second kappa shape index (κ2) is 10.4. The van der Waals surface area contributed by atoms with Crippen LogP contribution in [0.2, 0.25) is 0 Å². The molecule has 1 aliphatic heterocycles. The molecule has 0 spiro atoms. The van der Waals surface area contributed by atoms with Gasteiger partial charge in [0.25, 0.3) is 0 Å². The highest BCUT2D eigenvalue weighted by Crippen LogP contribution is 2.53. The summed E-state index contributed by atoms with van der Waals surface area (Å²) < 4.78 is 46.4. The molecule has 39 heavy (non-hydrogen) atoms. The SMILES string of the molecule is Cc1ccc(CC2(C(/C=C/C(F)(F)F)c3ccc(C)cc3)C(=O)N(C(=O)OC(C)(C)C)c3ccccc32)cc1. The standard InChI is InChI=1S/C32H32F3NO3/c1-21-10-14-23(15-11-21)20-31(25(18-19-32(33,34)35)24-16-12-22(2)13-17-24)26-8-6-7-9-27(26)36(28(31)37)29(38)39-30(3,4)5/h6-19,25H,20H2,1-5H3/b19-18+. The number of carbonyl (C=O) groups excluding carboxylic acids is 2. The van der Waals surface area contributed by atoms with Gasteiger partial charge in [-0.25, -0.2) is 9.69 Å². The number of carbonyl (C=O) groups is 2. The fourth-order valence-electron chi connectivity index (χ4n) is 5.11. The Kier molecular flexibility index (Phi) is 7.48. The molecule has 1 heterocycles. The average Bonchev–Trinajstić information content (AvgIpc) is 3.08. The van der Waals surface area contributed by atoms with Gasteiger partial charge in [0.15, 0.2) is 0 Å². The Bertz CT molecular complexity index is 1390. The van der Waals surface area contributed by atoms with E-state index in [1.54, 1.807) is 69.3 Å². The van der Waals surface area contributed by atoms with Crippen LogP contribution in [-0.4, -0.2) is 23.8 Å². The minimum atomic E-state index is -4.60. The van der Waals surface area contributed by atoms with Gasteiger partial charge in [0.1, 0.15) is 5.60 Å². The Balaban J connectivity index is 2.01. The zero-order chi connectivity index (χ0) is 28.6. The fourth-order valence-corrected chi connectivity index (χ4v) is 5.11. The smallest absolute Gasteiger partial charge is 0.421 e. The molecule has 2 unspecified atom stereocenters. The van der Waals surface area contributed by atoms with Crippen LogP contribution in [0.1, 0.15) is 54.5 Å². The van der Waals surface area contributed by atoms with Crippen molar-refractivity contribution in [2.75, 3.05) is 4.90 Å². The van der Waals surface area contributed by atoms with E-state index in [4.69, 9.17) is 4.74 Å². The molecule has 0 saturated heterocycles. The fraction of sp³-hybridized carbons (Fsp3) is 0.312. The van der Waals surface area contributed by atoms with E-state index in [1.165, 1.54) is 0 Å². The molecular formula is C32H32F3NO3. The molecule has 0 N–H and O–H groups in total. The highest BCUT2D eigenvalue weighted by molar-refractivity contribution is 6.21. The number of hydrogen-bond acceptors (Lipinski definition) is 3. The highest BCUT2D eigenvalue weighted by Gasteiger charge is 2.57. The van der Waals surface area contributed by atoms with Gasteiger partial charge in [-0.05, 0) is 63.8 Å². The number of ether oxygens (including phenoxy) is 1. The van der Waals surface area contributed by atoms with Crippen LogP contribution in [0.5, 0.6) is 0 Å². The van der Waals surface area contributed by atoms with Crippen molar-refractivity contribution in [2.45, 2.75) is 64.1 Å². The molecule has 0 aliphatic carbocycles. The van der Waals surface area contributed by atoms with Gasteiger partial charge in [0, 0.05) is 12.0 Å². The van der Waals surface area contributed by atoms with Crippen molar-refractivity contribution in [3.63, 3.8) is 0 Å². The summed E-state index contributed by atoms with van der Waals surface area (Å²) in [7, 11) is 0. The second-order valence-corrected chi connectivity index (χ2v) is 11.1. The normalized spacial score (nSPS) is 18.4. The molecule has 2 amide bonds. The number of hydrogen-bond donors (Lipinski definition) is 0. The Morgan fingerprint density at radius 2 is 1.49 bits per heavy atom. The summed E-state index contributed by atoms with van der Waals surface area (Å²) in [6.07, 6.45) is -4.16. The monoisotopic (exact) mass is 535 g/mol. The predicted octanol–water partition coefficient (Wildman–Crippen LogP) is 7.97. The number of aryl methyl sites for hydroxylation is 2. The number of benzene rings is 3. The third-order valence-electron chi connectivity index (χ3n) is 6.83. The van der Waals surface area contributed by atoms with Gasteiger partial charge in [-0.15, -0.1) is 0 Å². The lowest BCUT2D eigenvalue weighted by Crippen LogP contribution is -2.49. The molecule has 4 rings (SSSR count). The number of imide groups is 1. The van der Waals surface area contributed by atoms with Gasteiger partial charge in [0.2, 0.25) is 5.91 Å². The van der Waals surface area contributed by atoms with Gasteiger partial charge in [0.05, 0.1) is 11.1 Å². The summed E-state index contributed by atoms with van der Waals surface area (Å²) in [5.74, 6) is -1.67. The second-order valence-electron chi connectivity index (χ2n) is 11.1. The van der Waals surface area contributed by atoms with Crippen molar-refractivity contribution in [2.24, 2.45) is 0 Å². The number of alkyl halides is 3. The molecule has 0 saturated carbocycles. The van der Waals surface area contributed by atoms with Crippen LogP contribution in [0.3, 0.4) is 0 Å². The largest absolute Gasteiger partial charge is 0.443 e. The molecule has 3 aromatic rings. The van der Waals surface area contributed by atoms with E-state index >= 15 is 0 Å². The first kappa shape index (κ1) is 28.1. The van der Waals surface area contributed by atoms with Crippen LogP contribution in [-0.2, 0) is 21.4 Å². The highest BCUT2D eigenvalue weighted by atomic mass is 19.4. The summed E-state index contributed by atoms with van der Waals surface area (Å²) >= 11 is 0. The first-order valence-corrected chi connectivity index (χ1v) is 12.8. The lowest BCUT2D eigenvalue weighted by atomic mass is 9.64. The third kappa shape index (κ3) is 5.92. The van der Waals surface area contributed by atoms with Crippen molar-refractivity contribution in [1.29, 1.82) is 0 Å². The zero-order valence-corrected chi connectivity index (χ0v) is 22.7. The van der Waals surface area contributed by atoms with Gasteiger partial charge < -0.3 is 4.74 Å². The number of amides is 2. The van der Waals surface area contributed by atoms with Crippen molar-refractivity contribution in [3.8, 4) is 0 Å². The minimum absolute atomic E-state index is 0.0726. The maximum atomic E-state index is 14.6. The molecule has 0 fully saturated rings. The molecule has 2 atom stereocenters. The van der Waals surface area contributed by atoms with E-state index in [0.29, 0.717) is 16.8 Å². The number of para-hydroxylation sites is 1. The lowest BCUT2D eigenvalue weighted by molar-refractivity contribution is -0.123. The molecule has 3 aromatic carbocycles.